The molecule has 124 valence electrons. The molecule has 1 N–H and O–H groups in total. The second-order valence-electron chi connectivity index (χ2n) is 5.42. The molecular weight excluding hydrogens is 330 g/mol. The summed E-state index contributed by atoms with van der Waals surface area (Å²) in [5, 5.41) is 15.2. The Morgan fingerprint density at radius 3 is 2.71 bits per heavy atom. The first-order valence-corrected chi connectivity index (χ1v) is 8.28. The van der Waals surface area contributed by atoms with Crippen LogP contribution in [0.2, 0.25) is 0 Å². The molecule has 0 spiro atoms. The Morgan fingerprint density at radius 2 is 2.00 bits per heavy atom. The van der Waals surface area contributed by atoms with Gasteiger partial charge >= 0.3 is 0 Å². The van der Waals surface area contributed by atoms with Crippen molar-refractivity contribution in [1.82, 2.24) is 10.2 Å². The van der Waals surface area contributed by atoms with Crippen molar-refractivity contribution in [2.24, 2.45) is 0 Å². The van der Waals surface area contributed by atoms with Crippen LogP contribution in [0, 0.1) is 10.1 Å². The van der Waals surface area contributed by atoms with Crippen LogP contribution >= 0.6 is 11.3 Å². The number of nitro groups is 1. The fraction of sp³-hybridized carbons (Fsp3) is 0.250. The Balaban J connectivity index is 1.54. The van der Waals surface area contributed by atoms with Crippen molar-refractivity contribution in [3.05, 3.63) is 61.8 Å². The number of nitrogens with zero attached hydrogens (tertiary/aromatic N) is 2. The number of rotatable bonds is 4. The van der Waals surface area contributed by atoms with Gasteiger partial charge < -0.3 is 10.2 Å². The summed E-state index contributed by atoms with van der Waals surface area (Å²) >= 11 is 1.70. The minimum Gasteiger partial charge on any atom is -0.343 e. The number of amides is 2. The number of hydrogen-bond acceptors (Lipinski definition) is 5. The van der Waals surface area contributed by atoms with E-state index in [1.807, 2.05) is 11.4 Å². The van der Waals surface area contributed by atoms with Gasteiger partial charge in [-0.25, -0.2) is 0 Å². The monoisotopic (exact) mass is 345 g/mol. The Labute approximate surface area is 142 Å². The second-order valence-corrected chi connectivity index (χ2v) is 6.42. The normalized spacial score (nSPS) is 13.2. The van der Waals surface area contributed by atoms with Crippen LogP contribution in [0.15, 0.2) is 35.7 Å². The van der Waals surface area contributed by atoms with Crippen LogP contribution in [0.1, 0.15) is 20.8 Å². The fourth-order valence-electron chi connectivity index (χ4n) is 2.57. The maximum Gasteiger partial charge on any atom is 0.269 e. The molecule has 2 aromatic rings. The number of carbonyl (C=O) groups excluding carboxylic acids is 2. The molecule has 24 heavy (non-hydrogen) atoms. The molecule has 1 aliphatic rings. The highest BCUT2D eigenvalue weighted by Crippen LogP contribution is 2.23. The Kier molecular flexibility index (Phi) is 4.57. The minimum atomic E-state index is -0.528. The molecule has 7 nitrogen and oxygen atoms in total. The average molecular weight is 345 g/mol. The molecule has 0 saturated carbocycles. The number of fused-ring (bicyclic) bond motifs is 1. The molecule has 0 atom stereocenters. The smallest absolute Gasteiger partial charge is 0.269 e. The zero-order valence-electron chi connectivity index (χ0n) is 12.7. The summed E-state index contributed by atoms with van der Waals surface area (Å²) < 4.78 is 0. The number of thiophene rings is 1. The Morgan fingerprint density at radius 1 is 1.25 bits per heavy atom. The number of nitrogens with one attached hydrogen (secondary N) is 1. The van der Waals surface area contributed by atoms with E-state index in [9.17, 15) is 19.7 Å². The molecule has 0 radical (unpaired) electrons. The van der Waals surface area contributed by atoms with Crippen molar-refractivity contribution in [2.45, 2.75) is 13.0 Å². The van der Waals surface area contributed by atoms with Gasteiger partial charge in [-0.3, -0.25) is 19.7 Å². The number of benzene rings is 1. The average Bonchev–Trinajstić information content (AvgIpc) is 3.07. The Hall–Kier alpha value is -2.74. The van der Waals surface area contributed by atoms with Gasteiger partial charge in [0.05, 0.1) is 11.5 Å². The highest BCUT2D eigenvalue weighted by molar-refractivity contribution is 7.10. The third-order valence-corrected chi connectivity index (χ3v) is 4.92. The maximum absolute atomic E-state index is 12.2. The highest BCUT2D eigenvalue weighted by atomic mass is 32.1. The number of carbonyl (C=O) groups is 2. The summed E-state index contributed by atoms with van der Waals surface area (Å²) in [5.74, 6) is -0.561. The van der Waals surface area contributed by atoms with Gasteiger partial charge in [0, 0.05) is 35.7 Å². The van der Waals surface area contributed by atoms with Crippen molar-refractivity contribution in [3.8, 4) is 0 Å². The van der Waals surface area contributed by atoms with Crippen LogP contribution in [-0.2, 0) is 17.8 Å². The fourth-order valence-corrected chi connectivity index (χ4v) is 3.46. The molecule has 3 rings (SSSR count). The molecule has 2 amide bonds. The van der Waals surface area contributed by atoms with Crippen LogP contribution in [0.5, 0.6) is 0 Å². The van der Waals surface area contributed by atoms with Crippen molar-refractivity contribution in [1.29, 1.82) is 0 Å². The molecule has 2 heterocycles. The SMILES string of the molecule is O=C(NCC(=O)N1CCc2sccc2C1)c1ccc([N+](=O)[O-])cc1. The molecule has 1 aliphatic heterocycles. The zero-order valence-corrected chi connectivity index (χ0v) is 13.5. The van der Waals surface area contributed by atoms with E-state index in [0.717, 1.165) is 6.42 Å². The van der Waals surface area contributed by atoms with Gasteiger partial charge in [0.15, 0.2) is 0 Å². The standard InChI is InChI=1S/C16H15N3O4S/c20-15(18-7-5-14-12(10-18)6-8-24-14)9-17-16(21)11-1-3-13(4-2-11)19(22)23/h1-4,6,8H,5,7,9-10H2,(H,17,21). The first-order chi connectivity index (χ1) is 11.5. The second kappa shape index (κ2) is 6.79. The van der Waals surface area contributed by atoms with E-state index in [0.29, 0.717) is 13.1 Å². The molecule has 0 unspecified atom stereocenters. The molecule has 0 saturated heterocycles. The highest BCUT2D eigenvalue weighted by Gasteiger charge is 2.21. The van der Waals surface area contributed by atoms with Crippen molar-refractivity contribution in [3.63, 3.8) is 0 Å². The first kappa shape index (κ1) is 16.1. The third-order valence-electron chi connectivity index (χ3n) is 3.90. The lowest BCUT2D eigenvalue weighted by atomic mass is 10.1. The predicted molar refractivity (Wildman–Crippen MR) is 88.9 cm³/mol. The molecule has 0 bridgehead atoms. The van der Waals surface area contributed by atoms with Gasteiger partial charge in [-0.1, -0.05) is 0 Å². The van der Waals surface area contributed by atoms with Crippen molar-refractivity contribution >= 4 is 28.8 Å². The van der Waals surface area contributed by atoms with Crippen LogP contribution in [0.4, 0.5) is 5.69 Å². The molecule has 8 heteroatoms. The number of non-ortho nitro benzene ring substituents is 1. The van der Waals surface area contributed by atoms with E-state index in [-0.39, 0.29) is 23.7 Å². The minimum absolute atomic E-state index is 0.0810. The number of nitro benzene ring substituents is 1. The van der Waals surface area contributed by atoms with Gasteiger partial charge in [-0.2, -0.15) is 0 Å². The third kappa shape index (κ3) is 3.43. The van der Waals surface area contributed by atoms with E-state index in [1.54, 1.807) is 16.2 Å². The zero-order chi connectivity index (χ0) is 17.1. The summed E-state index contributed by atoms with van der Waals surface area (Å²) in [6, 6.07) is 7.29. The van der Waals surface area contributed by atoms with Gasteiger partial charge in [-0.15, -0.1) is 11.3 Å². The lowest BCUT2D eigenvalue weighted by molar-refractivity contribution is -0.384. The van der Waals surface area contributed by atoms with E-state index in [1.165, 1.54) is 34.7 Å². The summed E-state index contributed by atoms with van der Waals surface area (Å²) in [7, 11) is 0. The van der Waals surface area contributed by atoms with E-state index in [2.05, 4.69) is 5.32 Å². The van der Waals surface area contributed by atoms with Crippen molar-refractivity contribution in [2.75, 3.05) is 13.1 Å². The van der Waals surface area contributed by atoms with E-state index >= 15 is 0 Å². The molecule has 1 aromatic heterocycles. The van der Waals surface area contributed by atoms with Gasteiger partial charge in [0.1, 0.15) is 0 Å². The largest absolute Gasteiger partial charge is 0.343 e. The van der Waals surface area contributed by atoms with Crippen LogP contribution in [-0.4, -0.2) is 34.7 Å². The van der Waals surface area contributed by atoms with Gasteiger partial charge in [0.2, 0.25) is 5.91 Å². The lowest BCUT2D eigenvalue weighted by Gasteiger charge is -2.27. The molecule has 0 fully saturated rings. The predicted octanol–water partition coefficient (Wildman–Crippen LogP) is 1.97. The quantitative estimate of drug-likeness (QED) is 0.677. The van der Waals surface area contributed by atoms with Crippen LogP contribution < -0.4 is 5.32 Å². The topological polar surface area (TPSA) is 92.6 Å². The summed E-state index contributed by atoms with van der Waals surface area (Å²) in [6.07, 6.45) is 0.842. The summed E-state index contributed by atoms with van der Waals surface area (Å²) in [6.45, 7) is 1.14. The van der Waals surface area contributed by atoms with Crippen molar-refractivity contribution < 1.29 is 14.5 Å². The molecule has 0 aliphatic carbocycles. The first-order valence-electron chi connectivity index (χ1n) is 7.40. The van der Waals surface area contributed by atoms with Gasteiger partial charge in [-0.05, 0) is 35.6 Å². The number of hydrogen-bond donors (Lipinski definition) is 1. The van der Waals surface area contributed by atoms with Gasteiger partial charge in [0.25, 0.3) is 11.6 Å². The summed E-state index contributed by atoms with van der Waals surface area (Å²) in [4.78, 5) is 37.4. The molecular formula is C16H15N3O4S. The van der Waals surface area contributed by atoms with E-state index < -0.39 is 10.8 Å². The van der Waals surface area contributed by atoms with Crippen LogP contribution in [0.25, 0.3) is 0 Å². The maximum atomic E-state index is 12.2. The lowest BCUT2D eigenvalue weighted by Crippen LogP contribution is -2.42. The van der Waals surface area contributed by atoms with Crippen LogP contribution in [0.3, 0.4) is 0 Å². The Bertz CT molecular complexity index is 785. The van der Waals surface area contributed by atoms with E-state index in [4.69, 9.17) is 0 Å². The molecule has 1 aromatic carbocycles. The summed E-state index contributed by atoms with van der Waals surface area (Å²) in [5.41, 5.74) is 1.37.